The molecule has 1 aliphatic rings. The van der Waals surface area contributed by atoms with E-state index in [1.807, 2.05) is 48.2 Å². The van der Waals surface area contributed by atoms with E-state index in [2.05, 4.69) is 26.0 Å². The number of likely N-dealkylation sites (tertiary alicyclic amines) is 1. The van der Waals surface area contributed by atoms with E-state index in [1.54, 1.807) is 11.3 Å². The lowest BCUT2D eigenvalue weighted by Crippen LogP contribution is -2.41. The summed E-state index contributed by atoms with van der Waals surface area (Å²) in [5, 5.41) is 0.737. The molecule has 0 spiro atoms. The molecule has 1 amide bonds. The zero-order valence-electron chi connectivity index (χ0n) is 17.4. The van der Waals surface area contributed by atoms with Gasteiger partial charge in [-0.25, -0.2) is 4.98 Å². The van der Waals surface area contributed by atoms with Crippen LogP contribution >= 0.6 is 11.3 Å². The van der Waals surface area contributed by atoms with E-state index < -0.39 is 0 Å². The number of rotatable bonds is 4. The normalized spacial score (nSPS) is 15.0. The zero-order valence-corrected chi connectivity index (χ0v) is 18.3. The molecule has 3 aromatic rings. The summed E-state index contributed by atoms with van der Waals surface area (Å²) in [7, 11) is 3.97. The first-order valence-electron chi connectivity index (χ1n) is 10.0. The summed E-state index contributed by atoms with van der Waals surface area (Å²) in [6, 6.07) is 12.0. The monoisotopic (exact) mass is 409 g/mol. The summed E-state index contributed by atoms with van der Waals surface area (Å²) in [6.07, 6.45) is 1.76. The quantitative estimate of drug-likeness (QED) is 0.629. The van der Waals surface area contributed by atoms with Gasteiger partial charge in [0.15, 0.2) is 0 Å². The molecule has 0 N–H and O–H groups in total. The highest BCUT2D eigenvalue weighted by Crippen LogP contribution is 2.33. The highest BCUT2D eigenvalue weighted by atomic mass is 32.1. The Kier molecular flexibility index (Phi) is 5.46. The van der Waals surface area contributed by atoms with Crippen LogP contribution < -0.4 is 9.64 Å². The van der Waals surface area contributed by atoms with Crippen molar-refractivity contribution in [2.45, 2.75) is 32.8 Å². The van der Waals surface area contributed by atoms with E-state index in [-0.39, 0.29) is 12.0 Å². The summed E-state index contributed by atoms with van der Waals surface area (Å²) < 4.78 is 7.40. The van der Waals surface area contributed by atoms with E-state index in [0.717, 1.165) is 34.8 Å². The second-order valence-corrected chi connectivity index (χ2v) is 8.87. The number of thiazole rings is 1. The van der Waals surface area contributed by atoms with Gasteiger partial charge in [-0.2, -0.15) is 0 Å². The number of fused-ring (bicyclic) bond motifs is 1. The van der Waals surface area contributed by atoms with Crippen molar-refractivity contribution in [3.05, 3.63) is 53.1 Å². The highest BCUT2D eigenvalue weighted by Gasteiger charge is 2.26. The molecule has 1 aliphatic heterocycles. The van der Waals surface area contributed by atoms with Crippen LogP contribution in [0.5, 0.6) is 5.19 Å². The van der Waals surface area contributed by atoms with Gasteiger partial charge in [-0.15, -0.1) is 0 Å². The first-order chi connectivity index (χ1) is 13.9. The maximum absolute atomic E-state index is 12.9. The van der Waals surface area contributed by atoms with Crippen molar-refractivity contribution in [2.24, 2.45) is 0 Å². The van der Waals surface area contributed by atoms with Crippen LogP contribution in [0.25, 0.3) is 10.2 Å². The molecule has 0 bridgehead atoms. The zero-order chi connectivity index (χ0) is 20.5. The van der Waals surface area contributed by atoms with Gasteiger partial charge < -0.3 is 14.5 Å². The number of amides is 1. The van der Waals surface area contributed by atoms with Gasteiger partial charge in [0.25, 0.3) is 11.1 Å². The lowest BCUT2D eigenvalue weighted by Gasteiger charge is -2.31. The third-order valence-corrected chi connectivity index (χ3v) is 6.61. The maximum Gasteiger partial charge on any atom is 0.274 e. The van der Waals surface area contributed by atoms with Gasteiger partial charge in [0.1, 0.15) is 6.10 Å². The van der Waals surface area contributed by atoms with Crippen molar-refractivity contribution < 1.29 is 9.53 Å². The van der Waals surface area contributed by atoms with Gasteiger partial charge in [-0.1, -0.05) is 29.5 Å². The number of aryl methyl sites for hydroxylation is 2. The summed E-state index contributed by atoms with van der Waals surface area (Å²) >= 11 is 1.62. The fourth-order valence-electron chi connectivity index (χ4n) is 3.71. The molecule has 1 fully saturated rings. The summed E-state index contributed by atoms with van der Waals surface area (Å²) in [6.45, 7) is 5.61. The smallest absolute Gasteiger partial charge is 0.274 e. The molecule has 152 valence electrons. The average Bonchev–Trinajstić information content (AvgIpc) is 3.16. The van der Waals surface area contributed by atoms with E-state index in [0.29, 0.717) is 13.1 Å². The standard InChI is InChI=1S/C23H27N3O2S/c1-15-8-9-16(2)21-20(15)24-23(29-21)28-19-10-12-26(13-11-19)22(27)17-6-5-7-18(14-17)25(3)4/h5-9,14,19H,10-13H2,1-4H3. The highest BCUT2D eigenvalue weighted by molar-refractivity contribution is 7.20. The number of hydrogen-bond donors (Lipinski definition) is 0. The first-order valence-corrected chi connectivity index (χ1v) is 10.8. The van der Waals surface area contributed by atoms with Crippen molar-refractivity contribution in [2.75, 3.05) is 32.1 Å². The Morgan fingerprint density at radius 1 is 1.14 bits per heavy atom. The molecule has 1 saturated heterocycles. The molecule has 0 radical (unpaired) electrons. The molecule has 0 saturated carbocycles. The van der Waals surface area contributed by atoms with Crippen LogP contribution in [0.4, 0.5) is 5.69 Å². The predicted octanol–water partition coefficient (Wildman–Crippen LogP) is 4.66. The van der Waals surface area contributed by atoms with Crippen LogP contribution in [0.2, 0.25) is 0 Å². The minimum absolute atomic E-state index is 0.0957. The molecule has 4 rings (SSSR count). The van der Waals surface area contributed by atoms with Crippen LogP contribution in [0.1, 0.15) is 34.3 Å². The number of hydrogen-bond acceptors (Lipinski definition) is 5. The lowest BCUT2D eigenvalue weighted by molar-refractivity contribution is 0.0595. The van der Waals surface area contributed by atoms with Crippen LogP contribution in [-0.4, -0.2) is 49.1 Å². The number of carbonyl (C=O) groups is 1. The molecule has 29 heavy (non-hydrogen) atoms. The molecule has 0 aliphatic carbocycles. The molecular weight excluding hydrogens is 382 g/mol. The molecule has 2 heterocycles. The molecular formula is C23H27N3O2S. The Bertz CT molecular complexity index is 997. The largest absolute Gasteiger partial charge is 0.467 e. The molecule has 2 aromatic carbocycles. The minimum atomic E-state index is 0.0957. The Balaban J connectivity index is 1.40. The van der Waals surface area contributed by atoms with Crippen molar-refractivity contribution in [1.29, 1.82) is 0 Å². The Morgan fingerprint density at radius 2 is 1.86 bits per heavy atom. The van der Waals surface area contributed by atoms with Gasteiger partial charge >= 0.3 is 0 Å². The third-order valence-electron chi connectivity index (χ3n) is 5.53. The first kappa shape index (κ1) is 19.7. The number of benzene rings is 2. The van der Waals surface area contributed by atoms with E-state index in [1.165, 1.54) is 15.8 Å². The van der Waals surface area contributed by atoms with Crippen molar-refractivity contribution in [3.63, 3.8) is 0 Å². The Morgan fingerprint density at radius 3 is 2.55 bits per heavy atom. The molecule has 0 unspecified atom stereocenters. The third kappa shape index (κ3) is 4.08. The van der Waals surface area contributed by atoms with E-state index >= 15 is 0 Å². The van der Waals surface area contributed by atoms with Crippen LogP contribution in [-0.2, 0) is 0 Å². The summed E-state index contributed by atoms with van der Waals surface area (Å²) in [4.78, 5) is 21.5. The average molecular weight is 410 g/mol. The summed E-state index contributed by atoms with van der Waals surface area (Å²) in [5.41, 5.74) is 5.23. The minimum Gasteiger partial charge on any atom is -0.467 e. The van der Waals surface area contributed by atoms with Crippen LogP contribution in [0, 0.1) is 13.8 Å². The van der Waals surface area contributed by atoms with Crippen molar-refractivity contribution in [3.8, 4) is 5.19 Å². The van der Waals surface area contributed by atoms with Crippen LogP contribution in [0.3, 0.4) is 0 Å². The molecule has 1 aromatic heterocycles. The fraction of sp³-hybridized carbons (Fsp3) is 0.391. The number of ether oxygens (including phenoxy) is 1. The Labute approximate surface area is 175 Å². The molecule has 6 heteroatoms. The molecule has 0 atom stereocenters. The topological polar surface area (TPSA) is 45.7 Å². The van der Waals surface area contributed by atoms with Crippen LogP contribution in [0.15, 0.2) is 36.4 Å². The number of aromatic nitrogens is 1. The number of piperidine rings is 1. The summed E-state index contributed by atoms with van der Waals surface area (Å²) in [5.74, 6) is 0.0957. The van der Waals surface area contributed by atoms with Gasteiger partial charge in [0.05, 0.1) is 10.2 Å². The second kappa shape index (κ2) is 8.03. The molecule has 5 nitrogen and oxygen atoms in total. The van der Waals surface area contributed by atoms with Crippen molar-refractivity contribution >= 4 is 33.1 Å². The SMILES string of the molecule is Cc1ccc(C)c2sc(OC3CCN(C(=O)c4cccc(N(C)C)c4)CC3)nc12. The fourth-order valence-corrected chi connectivity index (χ4v) is 4.74. The predicted molar refractivity (Wildman–Crippen MR) is 119 cm³/mol. The second-order valence-electron chi connectivity index (χ2n) is 7.91. The lowest BCUT2D eigenvalue weighted by atomic mass is 10.1. The van der Waals surface area contributed by atoms with Crippen molar-refractivity contribution in [1.82, 2.24) is 9.88 Å². The Hall–Kier alpha value is -2.60. The van der Waals surface area contributed by atoms with Gasteiger partial charge in [-0.05, 0) is 43.2 Å². The maximum atomic E-state index is 12.9. The number of anilines is 1. The van der Waals surface area contributed by atoms with Gasteiger partial charge in [-0.3, -0.25) is 4.79 Å². The van der Waals surface area contributed by atoms with E-state index in [4.69, 9.17) is 9.72 Å². The van der Waals surface area contributed by atoms with E-state index in [9.17, 15) is 4.79 Å². The number of nitrogens with zero attached hydrogens (tertiary/aromatic N) is 3. The van der Waals surface area contributed by atoms with Gasteiger partial charge in [0, 0.05) is 51.3 Å². The van der Waals surface area contributed by atoms with Gasteiger partial charge in [0.2, 0.25) is 0 Å². The number of carbonyl (C=O) groups excluding carboxylic acids is 1.